The summed E-state index contributed by atoms with van der Waals surface area (Å²) in [7, 11) is -2.70. The number of nitrogens with zero attached hydrogens (tertiary/aromatic N) is 4. The van der Waals surface area contributed by atoms with Crippen LogP contribution in [0.4, 0.5) is 5.95 Å². The highest BCUT2D eigenvalue weighted by Gasteiger charge is 2.54. The van der Waals surface area contributed by atoms with Crippen molar-refractivity contribution < 1.29 is 42.8 Å². The lowest BCUT2D eigenvalue weighted by Crippen LogP contribution is -2.44. The van der Waals surface area contributed by atoms with Crippen molar-refractivity contribution in [2.75, 3.05) is 32.2 Å². The maximum Gasteiger partial charge on any atom is 0.459 e. The van der Waals surface area contributed by atoms with Crippen molar-refractivity contribution in [2.24, 2.45) is 0 Å². The predicted molar refractivity (Wildman–Crippen MR) is 176 cm³/mol. The number of nitrogens with one attached hydrogen (secondary N) is 2. The Morgan fingerprint density at radius 1 is 1.10 bits per heavy atom. The van der Waals surface area contributed by atoms with Crippen molar-refractivity contribution in [3.8, 4) is 11.6 Å². The topological polar surface area (TPSA) is 188 Å². The van der Waals surface area contributed by atoms with Gasteiger partial charge in [-0.25, -0.2) is 9.55 Å². The summed E-state index contributed by atoms with van der Waals surface area (Å²) in [6.45, 7) is 2.86. The third kappa shape index (κ3) is 7.02. The number of aliphatic hydroxyl groups is 2. The maximum absolute atomic E-state index is 14.4. The lowest BCUT2D eigenvalue weighted by molar-refractivity contribution is -0.145. The molecule has 0 aliphatic carbocycles. The molecular weight excluding hydrogens is 643 g/mol. The Balaban J connectivity index is 1.34. The molecule has 16 heteroatoms. The van der Waals surface area contributed by atoms with Crippen LogP contribution in [0.25, 0.3) is 21.9 Å². The molecule has 2 aromatic heterocycles. The first-order valence-corrected chi connectivity index (χ1v) is 17.3. The molecule has 0 radical (unpaired) electrons. The third-order valence-corrected chi connectivity index (χ3v) is 9.78. The number of carbonyl (C=O) groups excluding carboxylic acids is 1. The first kappa shape index (κ1) is 33.8. The maximum atomic E-state index is 14.4. The minimum absolute atomic E-state index is 0.147. The second kappa shape index (κ2) is 14.2. The summed E-state index contributed by atoms with van der Waals surface area (Å²) in [6, 6.07) is 11.5. The summed E-state index contributed by atoms with van der Waals surface area (Å²) in [4.78, 5) is 26.3. The number of esters is 1. The van der Waals surface area contributed by atoms with E-state index in [2.05, 4.69) is 25.4 Å². The fourth-order valence-electron chi connectivity index (χ4n) is 5.57. The molecule has 4 heterocycles. The van der Waals surface area contributed by atoms with Gasteiger partial charge in [0.2, 0.25) is 11.8 Å². The SMILES string of the molecule is CNc1nc2c3ncn(c3n1)C1OC(COP(=O)(Oc3cccc4ccccc34)N[C@@H](C)C(=O)OCCCC=CCCO2)[C@@H](O)[C@@]1(C)O. The molecule has 2 aliphatic heterocycles. The van der Waals surface area contributed by atoms with E-state index in [-0.39, 0.29) is 24.2 Å². The van der Waals surface area contributed by atoms with Crippen molar-refractivity contribution in [2.45, 2.75) is 63.2 Å². The molecular formula is C32H39N6O9P. The lowest BCUT2D eigenvalue weighted by Gasteiger charge is -2.27. The van der Waals surface area contributed by atoms with Gasteiger partial charge in [0.25, 0.3) is 0 Å². The Bertz CT molecular complexity index is 1840. The molecule has 6 atom stereocenters. The molecule has 15 nitrogen and oxygen atoms in total. The molecule has 0 spiro atoms. The number of anilines is 1. The molecule has 0 amide bonds. The largest absolute Gasteiger partial charge is 0.476 e. The smallest absolute Gasteiger partial charge is 0.459 e. The highest BCUT2D eigenvalue weighted by Crippen LogP contribution is 2.48. The Morgan fingerprint density at radius 3 is 2.73 bits per heavy atom. The average Bonchev–Trinajstić information content (AvgIpc) is 3.59. The molecule has 4 aromatic rings. The molecule has 1 fully saturated rings. The van der Waals surface area contributed by atoms with Crippen molar-refractivity contribution >= 4 is 41.6 Å². The predicted octanol–water partition coefficient (Wildman–Crippen LogP) is 3.87. The molecule has 2 aliphatic rings. The highest BCUT2D eigenvalue weighted by atomic mass is 31.2. The Hall–Kier alpha value is -4.11. The zero-order valence-corrected chi connectivity index (χ0v) is 27.7. The number of aromatic nitrogens is 4. The van der Waals surface area contributed by atoms with Gasteiger partial charge in [-0.15, -0.1) is 0 Å². The first-order chi connectivity index (χ1) is 23.1. The molecule has 1 saturated heterocycles. The molecule has 3 unspecified atom stereocenters. The highest BCUT2D eigenvalue weighted by molar-refractivity contribution is 7.52. The van der Waals surface area contributed by atoms with E-state index in [9.17, 15) is 19.6 Å². The van der Waals surface area contributed by atoms with E-state index in [1.54, 1.807) is 25.2 Å². The van der Waals surface area contributed by atoms with Crippen LogP contribution in [0, 0.1) is 0 Å². The molecule has 6 bridgehead atoms. The summed E-state index contributed by atoms with van der Waals surface area (Å²) in [5, 5.41) is 29.9. The number of cyclic esters (lactones) is 1. The van der Waals surface area contributed by atoms with Gasteiger partial charge in [0.05, 0.1) is 26.1 Å². The molecule has 4 N–H and O–H groups in total. The number of imidazole rings is 1. The Kier molecular flexibility index (Phi) is 9.97. The number of hydrogen-bond acceptors (Lipinski definition) is 13. The molecule has 48 heavy (non-hydrogen) atoms. The Morgan fingerprint density at radius 2 is 1.90 bits per heavy atom. The van der Waals surface area contributed by atoms with Gasteiger partial charge in [0.1, 0.15) is 29.6 Å². The zero-order valence-electron chi connectivity index (χ0n) is 26.8. The number of benzene rings is 2. The lowest BCUT2D eigenvalue weighted by atomic mass is 9.96. The van der Waals surface area contributed by atoms with Crippen molar-refractivity contribution in [3.63, 3.8) is 0 Å². The summed E-state index contributed by atoms with van der Waals surface area (Å²) < 4.78 is 45.3. The van der Waals surface area contributed by atoms with Crippen molar-refractivity contribution in [1.29, 1.82) is 0 Å². The monoisotopic (exact) mass is 682 g/mol. The molecule has 0 saturated carbocycles. The van der Waals surface area contributed by atoms with Gasteiger partial charge < -0.3 is 34.3 Å². The van der Waals surface area contributed by atoms with Gasteiger partial charge in [-0.3, -0.25) is 13.9 Å². The van der Waals surface area contributed by atoms with Crippen LogP contribution in [0.3, 0.4) is 0 Å². The fraction of sp³-hybridized carbons (Fsp3) is 0.438. The van der Waals surface area contributed by atoms with Gasteiger partial charge in [0, 0.05) is 12.4 Å². The number of aliphatic hydroxyl groups excluding tert-OH is 1. The van der Waals surface area contributed by atoms with E-state index in [0.29, 0.717) is 42.4 Å². The van der Waals surface area contributed by atoms with Gasteiger partial charge >= 0.3 is 13.7 Å². The van der Waals surface area contributed by atoms with Crippen LogP contribution in [0.15, 0.2) is 60.9 Å². The van der Waals surface area contributed by atoms with Crippen LogP contribution in [-0.4, -0.2) is 86.4 Å². The van der Waals surface area contributed by atoms with Crippen LogP contribution < -0.4 is 19.7 Å². The van der Waals surface area contributed by atoms with Gasteiger partial charge in [-0.1, -0.05) is 48.6 Å². The minimum atomic E-state index is -4.36. The summed E-state index contributed by atoms with van der Waals surface area (Å²) in [5.74, 6) is 0.0866. The van der Waals surface area contributed by atoms with E-state index in [4.69, 9.17) is 23.3 Å². The van der Waals surface area contributed by atoms with Crippen LogP contribution in [0.5, 0.6) is 11.6 Å². The molecule has 6 rings (SSSR count). The summed E-state index contributed by atoms with van der Waals surface area (Å²) >= 11 is 0. The van der Waals surface area contributed by atoms with Crippen LogP contribution in [-0.2, 0) is 23.4 Å². The number of fused-ring (bicyclic) bond motifs is 4. The van der Waals surface area contributed by atoms with E-state index in [1.165, 1.54) is 24.7 Å². The normalized spacial score (nSPS) is 29.1. The van der Waals surface area contributed by atoms with E-state index < -0.39 is 50.4 Å². The number of ether oxygens (including phenoxy) is 3. The van der Waals surface area contributed by atoms with E-state index in [1.807, 2.05) is 36.4 Å². The second-order valence-electron chi connectivity index (χ2n) is 11.8. The average molecular weight is 683 g/mol. The van der Waals surface area contributed by atoms with E-state index >= 15 is 0 Å². The number of carbonyl (C=O) groups is 1. The minimum Gasteiger partial charge on any atom is -0.476 e. The fourth-order valence-corrected chi connectivity index (χ4v) is 7.09. The van der Waals surface area contributed by atoms with Crippen LogP contribution in [0.1, 0.15) is 39.3 Å². The van der Waals surface area contributed by atoms with Crippen LogP contribution >= 0.6 is 7.75 Å². The standard InChI is InChI=1S/C32H39N6O9P/c1-20-29(40)44-17-10-6-4-5-9-16-43-28-25-27(35-31(33-3)36-28)38(19-34-25)30-32(2,41)26(39)24(46-30)18-45-48(42,37-20)47-23-15-11-13-21-12-7-8-14-22(21)23/h4-5,7-8,11-15,19-20,24,26,30,39,41H,6,9-10,16-18H2,1-3H3,(H,37,42)(H,33,35,36)/t20-,24?,26+,30?,32+,48?/m0/s1. The molecule has 256 valence electrons. The van der Waals surface area contributed by atoms with Crippen LogP contribution in [0.2, 0.25) is 0 Å². The van der Waals surface area contributed by atoms with Gasteiger partial charge in [0.15, 0.2) is 17.4 Å². The third-order valence-electron chi connectivity index (χ3n) is 8.15. The number of rotatable bonds is 3. The number of allylic oxidation sites excluding steroid dienone is 1. The zero-order chi connectivity index (χ0) is 33.9. The van der Waals surface area contributed by atoms with Crippen molar-refractivity contribution in [3.05, 3.63) is 60.9 Å². The second-order valence-corrected chi connectivity index (χ2v) is 13.4. The Labute approximate surface area is 276 Å². The van der Waals surface area contributed by atoms with Crippen molar-refractivity contribution in [1.82, 2.24) is 24.6 Å². The summed E-state index contributed by atoms with van der Waals surface area (Å²) in [6.07, 6.45) is 3.26. The quantitative estimate of drug-likeness (QED) is 0.138. The van der Waals surface area contributed by atoms with E-state index in [0.717, 1.165) is 5.39 Å². The summed E-state index contributed by atoms with van der Waals surface area (Å²) in [5.41, 5.74) is -1.25. The first-order valence-electron chi connectivity index (χ1n) is 15.7. The van der Waals surface area contributed by atoms with Gasteiger partial charge in [-0.2, -0.15) is 15.1 Å². The van der Waals surface area contributed by atoms with Gasteiger partial charge in [-0.05, 0) is 44.6 Å². The number of hydrogen-bond donors (Lipinski definition) is 4. The molecule has 2 aromatic carbocycles.